The van der Waals surface area contributed by atoms with Gasteiger partial charge in [0.05, 0.1) is 29.5 Å². The summed E-state index contributed by atoms with van der Waals surface area (Å²) in [6, 6.07) is 12.0. The molecule has 0 bridgehead atoms. The van der Waals surface area contributed by atoms with Crippen LogP contribution in [0.1, 0.15) is 53.1 Å². The fourth-order valence-corrected chi connectivity index (χ4v) is 5.53. The van der Waals surface area contributed by atoms with Gasteiger partial charge in [0.25, 0.3) is 0 Å². The molecular formula is C30H38FN5O3. The summed E-state index contributed by atoms with van der Waals surface area (Å²) in [6.45, 7) is 9.96. The quantitative estimate of drug-likeness (QED) is 0.162. The minimum absolute atomic E-state index is 0.307. The van der Waals surface area contributed by atoms with Crippen LogP contribution in [0, 0.1) is 25.2 Å². The molecule has 0 fully saturated rings. The Balaban J connectivity index is 1.78. The van der Waals surface area contributed by atoms with Crippen molar-refractivity contribution >= 4 is 17.3 Å². The van der Waals surface area contributed by atoms with Gasteiger partial charge in [-0.05, 0) is 67.6 Å². The summed E-state index contributed by atoms with van der Waals surface area (Å²) >= 11 is 0. The van der Waals surface area contributed by atoms with Crippen LogP contribution in [0.3, 0.4) is 0 Å². The number of anilines is 2. The summed E-state index contributed by atoms with van der Waals surface area (Å²) in [5.41, 5.74) is 9.12. The topological polar surface area (TPSA) is 102 Å². The molecule has 1 aliphatic heterocycles. The molecule has 2 heterocycles. The molecule has 1 atom stereocenters. The normalized spacial score (nSPS) is 14.6. The maximum absolute atomic E-state index is 14.5. The summed E-state index contributed by atoms with van der Waals surface area (Å²) in [5.74, 6) is 5.31. The van der Waals surface area contributed by atoms with E-state index < -0.39 is 11.4 Å². The van der Waals surface area contributed by atoms with Crippen LogP contribution in [0.15, 0.2) is 42.6 Å². The molecule has 4 N–H and O–H groups in total. The summed E-state index contributed by atoms with van der Waals surface area (Å²) in [7, 11) is 3.25. The maximum Gasteiger partial charge on any atom is 0.312 e. The molecule has 9 heteroatoms. The summed E-state index contributed by atoms with van der Waals surface area (Å²) in [4.78, 5) is 19.1. The Hall–Kier alpha value is -3.69. The van der Waals surface area contributed by atoms with Gasteiger partial charge in [-0.2, -0.15) is 4.39 Å². The molecule has 1 unspecified atom stereocenters. The van der Waals surface area contributed by atoms with Crippen molar-refractivity contribution in [3.05, 3.63) is 81.9 Å². The predicted octanol–water partition coefficient (Wildman–Crippen LogP) is 4.89. The number of benzene rings is 2. The van der Waals surface area contributed by atoms with Gasteiger partial charge in [0.1, 0.15) is 12.4 Å². The maximum atomic E-state index is 14.5. The smallest absolute Gasteiger partial charge is 0.312 e. The van der Waals surface area contributed by atoms with Gasteiger partial charge >= 0.3 is 5.97 Å². The molecule has 39 heavy (non-hydrogen) atoms. The van der Waals surface area contributed by atoms with Crippen LogP contribution in [-0.2, 0) is 22.6 Å². The average Bonchev–Trinajstić information content (AvgIpc) is 3.13. The van der Waals surface area contributed by atoms with E-state index in [1.165, 1.54) is 13.3 Å². The molecule has 8 nitrogen and oxygen atoms in total. The second-order valence-corrected chi connectivity index (χ2v) is 10.6. The van der Waals surface area contributed by atoms with Gasteiger partial charge in [0.2, 0.25) is 5.95 Å². The molecule has 4 rings (SSSR count). The van der Waals surface area contributed by atoms with Crippen LogP contribution in [-0.4, -0.2) is 43.2 Å². The Kier molecular flexibility index (Phi) is 8.42. The lowest BCUT2D eigenvalue weighted by atomic mass is 9.69. The number of nitrogens with one attached hydrogen (secondary N) is 2. The van der Waals surface area contributed by atoms with Crippen molar-refractivity contribution in [3.63, 3.8) is 0 Å². The van der Waals surface area contributed by atoms with Crippen molar-refractivity contribution in [2.24, 2.45) is 11.3 Å². The summed E-state index contributed by atoms with van der Waals surface area (Å²) in [5, 5.41) is 3.16. The zero-order valence-electron chi connectivity index (χ0n) is 23.5. The van der Waals surface area contributed by atoms with E-state index in [9.17, 15) is 9.18 Å². The van der Waals surface area contributed by atoms with E-state index in [1.54, 1.807) is 6.07 Å². The molecule has 2 aromatic carbocycles. The molecule has 1 aromatic heterocycles. The highest BCUT2D eigenvalue weighted by atomic mass is 19.1. The van der Waals surface area contributed by atoms with Crippen molar-refractivity contribution in [1.82, 2.24) is 9.88 Å². The standard InChI is InChI=1S/C30H38FN5O3/c1-18-7-8-20(15-21(18)16-36-13-14-39-25-11-12-34-28(31)23(25)17-36)26(30(3,4)29(37)38-6)22-9-10-24(33-5)27(35-32)19(22)2/h7-12,15,26,33,35H,13-14,16-17,32H2,1-6H3. The van der Waals surface area contributed by atoms with Gasteiger partial charge in [-0.25, -0.2) is 4.98 Å². The first-order valence-corrected chi connectivity index (χ1v) is 13.1. The number of hydrazine groups is 1. The van der Waals surface area contributed by atoms with Crippen molar-refractivity contribution < 1.29 is 18.7 Å². The molecule has 0 amide bonds. The van der Waals surface area contributed by atoms with Gasteiger partial charge in [0, 0.05) is 38.8 Å². The molecule has 0 saturated carbocycles. The zero-order chi connectivity index (χ0) is 28.3. The summed E-state index contributed by atoms with van der Waals surface area (Å²) < 4.78 is 25.6. The van der Waals surface area contributed by atoms with Gasteiger partial charge in [0.15, 0.2) is 0 Å². The minimum Gasteiger partial charge on any atom is -0.492 e. The number of hydrogen-bond donors (Lipinski definition) is 3. The Morgan fingerprint density at radius 3 is 2.72 bits per heavy atom. The first kappa shape index (κ1) is 28.3. The fraction of sp³-hybridized carbons (Fsp3) is 0.400. The number of pyridine rings is 1. The number of hydrogen-bond acceptors (Lipinski definition) is 8. The Morgan fingerprint density at radius 1 is 1.26 bits per heavy atom. The monoisotopic (exact) mass is 535 g/mol. The SMILES string of the molecule is CNc1ccc(C(c2ccc(C)c(CN3CCOc4ccnc(F)c4C3)c2)C(C)(C)C(=O)OC)c(C)c1NN. The number of rotatable bonds is 8. The van der Waals surface area contributed by atoms with Gasteiger partial charge in [-0.15, -0.1) is 0 Å². The van der Waals surface area contributed by atoms with Crippen molar-refractivity contribution in [2.45, 2.75) is 46.7 Å². The predicted molar refractivity (Wildman–Crippen MR) is 151 cm³/mol. The highest BCUT2D eigenvalue weighted by molar-refractivity contribution is 5.80. The molecule has 1 aliphatic rings. The third-order valence-corrected chi connectivity index (χ3v) is 7.77. The van der Waals surface area contributed by atoms with E-state index in [1.807, 2.05) is 40.0 Å². The zero-order valence-corrected chi connectivity index (χ0v) is 23.5. The van der Waals surface area contributed by atoms with Crippen LogP contribution < -0.4 is 21.3 Å². The largest absolute Gasteiger partial charge is 0.492 e. The number of nitrogens with zero attached hydrogens (tertiary/aromatic N) is 2. The number of nitrogens with two attached hydrogens (primary N) is 1. The van der Waals surface area contributed by atoms with Crippen LogP contribution in [0.4, 0.5) is 15.8 Å². The van der Waals surface area contributed by atoms with E-state index in [0.29, 0.717) is 37.6 Å². The Morgan fingerprint density at radius 2 is 2.03 bits per heavy atom. The lowest BCUT2D eigenvalue weighted by molar-refractivity contribution is -0.151. The lowest BCUT2D eigenvalue weighted by Gasteiger charge is -2.35. The number of halogens is 1. The van der Waals surface area contributed by atoms with Gasteiger partial charge < -0.3 is 20.2 Å². The third-order valence-electron chi connectivity index (χ3n) is 7.77. The Labute approximate surface area is 229 Å². The highest BCUT2D eigenvalue weighted by Gasteiger charge is 2.41. The van der Waals surface area contributed by atoms with Crippen molar-refractivity contribution in [1.29, 1.82) is 0 Å². The van der Waals surface area contributed by atoms with Crippen LogP contribution in [0.5, 0.6) is 5.75 Å². The number of nitrogen functional groups attached to an aromatic ring is 1. The van der Waals surface area contributed by atoms with Crippen LogP contribution >= 0.6 is 0 Å². The summed E-state index contributed by atoms with van der Waals surface area (Å²) in [6.07, 6.45) is 1.43. The first-order valence-electron chi connectivity index (χ1n) is 13.1. The van der Waals surface area contributed by atoms with E-state index in [4.69, 9.17) is 15.3 Å². The highest BCUT2D eigenvalue weighted by Crippen LogP contribution is 2.45. The minimum atomic E-state index is -0.886. The number of carbonyl (C=O) groups excluding carboxylic acids is 1. The molecule has 0 spiro atoms. The van der Waals surface area contributed by atoms with Crippen LogP contribution in [0.2, 0.25) is 0 Å². The van der Waals surface area contributed by atoms with Crippen molar-refractivity contribution in [2.75, 3.05) is 38.1 Å². The van der Waals surface area contributed by atoms with E-state index >= 15 is 0 Å². The fourth-order valence-electron chi connectivity index (χ4n) is 5.53. The molecule has 208 valence electrons. The second kappa shape index (κ2) is 11.6. The Bertz CT molecular complexity index is 1360. The van der Waals surface area contributed by atoms with Gasteiger partial charge in [-0.3, -0.25) is 15.5 Å². The van der Waals surface area contributed by atoms with Gasteiger partial charge in [-0.1, -0.05) is 24.3 Å². The first-order chi connectivity index (χ1) is 18.6. The number of ether oxygens (including phenoxy) is 2. The molecule has 0 saturated heterocycles. The average molecular weight is 536 g/mol. The van der Waals surface area contributed by atoms with E-state index in [2.05, 4.69) is 45.7 Å². The number of carbonyl (C=O) groups is 1. The van der Waals surface area contributed by atoms with Crippen LogP contribution in [0.25, 0.3) is 0 Å². The molecular weight excluding hydrogens is 497 g/mol. The number of methoxy groups -OCH3 is 1. The number of aryl methyl sites for hydroxylation is 1. The lowest BCUT2D eigenvalue weighted by Crippen LogP contribution is -2.34. The molecule has 3 aromatic rings. The molecule has 0 radical (unpaired) electrons. The van der Waals surface area contributed by atoms with Crippen molar-refractivity contribution in [3.8, 4) is 5.75 Å². The third kappa shape index (κ3) is 5.55. The molecule has 0 aliphatic carbocycles. The van der Waals surface area contributed by atoms with E-state index in [-0.39, 0.29) is 11.9 Å². The van der Waals surface area contributed by atoms with E-state index in [0.717, 1.165) is 39.2 Å². The number of aromatic nitrogens is 1. The number of fused-ring (bicyclic) bond motifs is 1. The number of esters is 1. The second-order valence-electron chi connectivity index (χ2n) is 10.6.